The molecule has 148 valence electrons. The van der Waals surface area contributed by atoms with E-state index in [9.17, 15) is 18.3 Å². The summed E-state index contributed by atoms with van der Waals surface area (Å²) in [7, 11) is -3.76. The number of carbonyl (C=O) groups excluding carboxylic acids is 1. The maximum atomic E-state index is 11.9. The van der Waals surface area contributed by atoms with Gasteiger partial charge in [0.1, 0.15) is 5.25 Å². The van der Waals surface area contributed by atoms with Crippen molar-refractivity contribution in [3.63, 3.8) is 0 Å². The second-order valence-electron chi connectivity index (χ2n) is 6.54. The number of primary sulfonamides is 1. The Kier molecular flexibility index (Phi) is 8.52. The van der Waals surface area contributed by atoms with Crippen molar-refractivity contribution >= 4 is 16.1 Å². The van der Waals surface area contributed by atoms with Gasteiger partial charge in [-0.25, -0.2) is 18.4 Å². The number of ether oxygens (including phenoxy) is 1. The number of hydrogen-bond acceptors (Lipinski definition) is 5. The molecule has 0 aliphatic heterocycles. The lowest BCUT2D eigenvalue weighted by atomic mass is 9.84. The number of benzene rings is 1. The monoisotopic (exact) mass is 386 g/mol. The molecule has 1 aromatic carbocycles. The van der Waals surface area contributed by atoms with Gasteiger partial charge in [-0.15, -0.1) is 0 Å². The fraction of sp³-hybridized carbons (Fsp3) is 0.611. The maximum absolute atomic E-state index is 11.9. The summed E-state index contributed by atoms with van der Waals surface area (Å²) in [6.07, 6.45) is 2.46. The largest absolute Gasteiger partial charge is 0.450 e. The Morgan fingerprint density at radius 1 is 1.27 bits per heavy atom. The quantitative estimate of drug-likeness (QED) is 0.538. The normalized spacial score (nSPS) is 15.2. The molecule has 2 unspecified atom stereocenters. The van der Waals surface area contributed by atoms with E-state index in [4.69, 9.17) is 15.6 Å². The van der Waals surface area contributed by atoms with Crippen LogP contribution in [-0.4, -0.2) is 26.2 Å². The van der Waals surface area contributed by atoms with Crippen LogP contribution in [-0.2, 0) is 20.4 Å². The van der Waals surface area contributed by atoms with Gasteiger partial charge in [-0.1, -0.05) is 57.4 Å². The van der Waals surface area contributed by atoms with Crippen LogP contribution in [0.4, 0.5) is 4.79 Å². The average Bonchev–Trinajstić information content (AvgIpc) is 2.56. The maximum Gasteiger partial charge on any atom is 0.404 e. The molecule has 1 rings (SSSR count). The van der Waals surface area contributed by atoms with E-state index in [0.29, 0.717) is 30.4 Å². The number of sulfonamides is 1. The third kappa shape index (κ3) is 6.59. The molecule has 0 fully saturated rings. The van der Waals surface area contributed by atoms with Crippen LogP contribution in [0, 0.1) is 0 Å². The van der Waals surface area contributed by atoms with Gasteiger partial charge >= 0.3 is 6.09 Å². The second kappa shape index (κ2) is 9.89. The fourth-order valence-corrected chi connectivity index (χ4v) is 4.10. The smallest absolute Gasteiger partial charge is 0.404 e. The molecule has 0 heterocycles. The number of aliphatic hydroxyl groups is 1. The Morgan fingerprint density at radius 2 is 1.96 bits per heavy atom. The first-order chi connectivity index (χ1) is 12.1. The first kappa shape index (κ1) is 22.4. The van der Waals surface area contributed by atoms with Gasteiger partial charge in [-0.2, -0.15) is 0 Å². The Hall–Kier alpha value is -1.64. The number of carbonyl (C=O) groups is 1. The number of nitrogens with two attached hydrogens (primary N) is 2. The van der Waals surface area contributed by atoms with Crippen molar-refractivity contribution in [2.75, 3.05) is 6.61 Å². The molecule has 0 aliphatic carbocycles. The van der Waals surface area contributed by atoms with E-state index in [0.717, 1.165) is 12.8 Å². The van der Waals surface area contributed by atoms with Crippen molar-refractivity contribution in [2.24, 2.45) is 10.9 Å². The molecule has 0 bridgehead atoms. The molecule has 26 heavy (non-hydrogen) atoms. The van der Waals surface area contributed by atoms with Crippen LogP contribution in [0.15, 0.2) is 24.3 Å². The Morgan fingerprint density at radius 3 is 2.50 bits per heavy atom. The first-order valence-corrected chi connectivity index (χ1v) is 10.5. The molecule has 0 aromatic heterocycles. The lowest BCUT2D eigenvalue weighted by Crippen LogP contribution is -2.29. The van der Waals surface area contributed by atoms with Crippen LogP contribution in [0.25, 0.3) is 0 Å². The molecule has 0 saturated carbocycles. The molecule has 7 nitrogen and oxygen atoms in total. The van der Waals surface area contributed by atoms with Gasteiger partial charge in [0.25, 0.3) is 0 Å². The highest BCUT2D eigenvalue weighted by atomic mass is 32.2. The van der Waals surface area contributed by atoms with Gasteiger partial charge in [0.05, 0.1) is 12.2 Å². The molecule has 0 spiro atoms. The summed E-state index contributed by atoms with van der Waals surface area (Å²) in [5.74, 6) is 0. The van der Waals surface area contributed by atoms with E-state index in [1.807, 2.05) is 13.8 Å². The zero-order chi connectivity index (χ0) is 19.8. The first-order valence-electron chi connectivity index (χ1n) is 8.90. The minimum absolute atomic E-state index is 0.0205. The third-order valence-corrected chi connectivity index (χ3v) is 5.75. The Labute approximate surface area is 155 Å². The summed E-state index contributed by atoms with van der Waals surface area (Å²) >= 11 is 0. The average molecular weight is 387 g/mol. The number of hydrogen-bond donors (Lipinski definition) is 3. The molecule has 0 radical (unpaired) electrons. The summed E-state index contributed by atoms with van der Waals surface area (Å²) in [6.45, 7) is 3.88. The van der Waals surface area contributed by atoms with Crippen molar-refractivity contribution in [1.82, 2.24) is 0 Å². The zero-order valence-corrected chi connectivity index (χ0v) is 16.3. The van der Waals surface area contributed by atoms with Gasteiger partial charge < -0.3 is 15.6 Å². The number of amides is 1. The van der Waals surface area contributed by atoms with Gasteiger partial charge in [-0.3, -0.25) is 0 Å². The summed E-state index contributed by atoms with van der Waals surface area (Å²) in [4.78, 5) is 10.8. The summed E-state index contributed by atoms with van der Waals surface area (Å²) in [6, 6.07) is 6.85. The summed E-state index contributed by atoms with van der Waals surface area (Å²) in [5.41, 5.74) is 4.88. The molecule has 8 heteroatoms. The molecule has 0 aliphatic rings. The molecular weight excluding hydrogens is 356 g/mol. The SMILES string of the molecule is CCCCC(O)(CCOC(N)=O)c1cccc(C(CCC)S(N)(=O)=O)c1. The molecular formula is C18H30N2O5S. The van der Waals surface area contributed by atoms with Crippen molar-refractivity contribution < 1.29 is 23.1 Å². The Balaban J connectivity index is 3.19. The van der Waals surface area contributed by atoms with Gasteiger partial charge in [0.15, 0.2) is 0 Å². The lowest BCUT2D eigenvalue weighted by molar-refractivity contribution is -0.000904. The Bertz CT molecular complexity index is 693. The second-order valence-corrected chi connectivity index (χ2v) is 8.29. The van der Waals surface area contributed by atoms with E-state index in [2.05, 4.69) is 0 Å². The minimum Gasteiger partial charge on any atom is -0.450 e. The third-order valence-electron chi connectivity index (χ3n) is 4.45. The molecule has 1 aromatic rings. The molecule has 2 atom stereocenters. The predicted molar refractivity (Wildman–Crippen MR) is 101 cm³/mol. The topological polar surface area (TPSA) is 133 Å². The zero-order valence-electron chi connectivity index (χ0n) is 15.5. The fourth-order valence-electron chi connectivity index (χ4n) is 3.01. The van der Waals surface area contributed by atoms with Crippen molar-refractivity contribution in [1.29, 1.82) is 0 Å². The molecule has 5 N–H and O–H groups in total. The number of unbranched alkanes of at least 4 members (excludes halogenated alkanes) is 1. The van der Waals surface area contributed by atoms with Gasteiger partial charge in [-0.05, 0) is 24.0 Å². The number of rotatable bonds is 11. The standard InChI is InChI=1S/C18H30N2O5S/c1-3-5-10-18(22,11-12-25-17(19)21)15-9-6-8-14(13-15)16(7-4-2)26(20,23)24/h6,8-9,13,16,22H,3-5,7,10-12H2,1-2H3,(H2,19,21)(H2,20,23,24). The number of primary amides is 1. The van der Waals surface area contributed by atoms with Crippen molar-refractivity contribution in [2.45, 2.75) is 63.2 Å². The van der Waals surface area contributed by atoms with E-state index in [-0.39, 0.29) is 13.0 Å². The van der Waals surface area contributed by atoms with Crippen LogP contribution < -0.4 is 10.9 Å². The van der Waals surface area contributed by atoms with Crippen molar-refractivity contribution in [3.05, 3.63) is 35.4 Å². The van der Waals surface area contributed by atoms with Crippen LogP contribution in [0.1, 0.15) is 68.7 Å². The highest BCUT2D eigenvalue weighted by Crippen LogP contribution is 2.34. The van der Waals surface area contributed by atoms with E-state index in [1.165, 1.54) is 0 Å². The van der Waals surface area contributed by atoms with Crippen LogP contribution >= 0.6 is 0 Å². The van der Waals surface area contributed by atoms with Crippen molar-refractivity contribution in [3.8, 4) is 0 Å². The van der Waals surface area contributed by atoms with E-state index < -0.39 is 27.0 Å². The summed E-state index contributed by atoms with van der Waals surface area (Å²) in [5, 5.41) is 15.7. The lowest BCUT2D eigenvalue weighted by Gasteiger charge is -2.29. The van der Waals surface area contributed by atoms with E-state index in [1.54, 1.807) is 24.3 Å². The summed E-state index contributed by atoms with van der Waals surface area (Å²) < 4.78 is 28.7. The molecule has 1 amide bonds. The van der Waals surface area contributed by atoms with Gasteiger partial charge in [0, 0.05) is 6.42 Å². The molecule has 0 saturated heterocycles. The highest BCUT2D eigenvalue weighted by Gasteiger charge is 2.31. The van der Waals surface area contributed by atoms with Gasteiger partial charge in [0.2, 0.25) is 10.0 Å². The van der Waals surface area contributed by atoms with Crippen LogP contribution in [0.5, 0.6) is 0 Å². The highest BCUT2D eigenvalue weighted by molar-refractivity contribution is 7.89. The van der Waals surface area contributed by atoms with E-state index >= 15 is 0 Å². The predicted octanol–water partition coefficient (Wildman–Crippen LogP) is 2.68. The van der Waals surface area contributed by atoms with Crippen LogP contribution in [0.3, 0.4) is 0 Å². The van der Waals surface area contributed by atoms with Crippen LogP contribution in [0.2, 0.25) is 0 Å². The minimum atomic E-state index is -3.76.